The van der Waals surface area contributed by atoms with Crippen LogP contribution in [0.25, 0.3) is 12.2 Å². The van der Waals surface area contributed by atoms with Crippen molar-refractivity contribution in [1.29, 1.82) is 0 Å². The van der Waals surface area contributed by atoms with E-state index in [9.17, 15) is 9.59 Å². The monoisotopic (exact) mass is 323 g/mol. The Morgan fingerprint density at radius 1 is 1.00 bits per heavy atom. The third-order valence-corrected chi connectivity index (χ3v) is 4.15. The van der Waals surface area contributed by atoms with E-state index in [0.717, 1.165) is 10.4 Å². The molecule has 0 aliphatic carbocycles. The lowest BCUT2D eigenvalue weighted by atomic mass is 10.1. The van der Waals surface area contributed by atoms with Crippen molar-refractivity contribution in [3.63, 3.8) is 0 Å². The molecule has 1 N–H and O–H groups in total. The van der Waals surface area contributed by atoms with E-state index in [1.165, 1.54) is 28.8 Å². The Morgan fingerprint density at radius 2 is 1.74 bits per heavy atom. The highest BCUT2D eigenvalue weighted by Crippen LogP contribution is 2.14. The first kappa shape index (κ1) is 15.0. The van der Waals surface area contributed by atoms with Crippen LogP contribution in [0.3, 0.4) is 0 Å². The molecule has 0 bridgehead atoms. The minimum Gasteiger partial charge on any atom is -0.478 e. The van der Waals surface area contributed by atoms with Gasteiger partial charge in [0.1, 0.15) is 0 Å². The lowest BCUT2D eigenvalue weighted by molar-refractivity contribution is 0.0696. The molecule has 3 rings (SSSR count). The summed E-state index contributed by atoms with van der Waals surface area (Å²) in [5.41, 5.74) is 1.53. The van der Waals surface area contributed by atoms with Crippen LogP contribution in [0.15, 0.2) is 60.2 Å². The average molecular weight is 323 g/mol. The molecule has 114 valence electrons. The van der Waals surface area contributed by atoms with Gasteiger partial charge in [-0.25, -0.2) is 4.79 Å². The second-order valence-electron chi connectivity index (χ2n) is 4.89. The number of aromatic carboxylic acids is 1. The number of carboxylic acids is 1. The molecule has 0 amide bonds. The smallest absolute Gasteiger partial charge is 0.335 e. The zero-order valence-electron chi connectivity index (χ0n) is 12.0. The van der Waals surface area contributed by atoms with Gasteiger partial charge in [-0.1, -0.05) is 12.1 Å². The van der Waals surface area contributed by atoms with Crippen LogP contribution in [0.1, 0.15) is 31.2 Å². The first-order valence-corrected chi connectivity index (χ1v) is 7.79. The van der Waals surface area contributed by atoms with E-state index in [1.54, 1.807) is 23.7 Å². The van der Waals surface area contributed by atoms with E-state index < -0.39 is 5.97 Å². The summed E-state index contributed by atoms with van der Waals surface area (Å²) < 4.78 is 1.49. The van der Waals surface area contributed by atoms with Crippen LogP contribution < -0.4 is 0 Å². The Kier molecular flexibility index (Phi) is 4.21. The highest BCUT2D eigenvalue weighted by Gasteiger charge is 2.09. The Hall–Kier alpha value is -2.92. The van der Waals surface area contributed by atoms with Crippen LogP contribution >= 0.6 is 11.3 Å². The average Bonchev–Trinajstić information content (AvgIpc) is 3.24. The molecule has 2 aromatic heterocycles. The molecular weight excluding hydrogens is 310 g/mol. The van der Waals surface area contributed by atoms with Gasteiger partial charge in [0.05, 0.1) is 5.56 Å². The lowest BCUT2D eigenvalue weighted by Gasteiger charge is -2.02. The number of hydrogen-bond donors (Lipinski definition) is 1. The SMILES string of the molecule is O=C(O)c1ccc(C(=O)n2ccc(C=Cc3cccs3)c2)cc1. The first-order chi connectivity index (χ1) is 11.1. The molecule has 1 aromatic carbocycles. The summed E-state index contributed by atoms with van der Waals surface area (Å²) in [6.07, 6.45) is 7.39. The molecule has 23 heavy (non-hydrogen) atoms. The number of thiophene rings is 1. The molecule has 0 atom stereocenters. The second kappa shape index (κ2) is 6.46. The van der Waals surface area contributed by atoms with Gasteiger partial charge < -0.3 is 5.11 Å². The molecule has 0 unspecified atom stereocenters. The molecule has 0 saturated heterocycles. The van der Waals surface area contributed by atoms with Crippen molar-refractivity contribution in [2.75, 3.05) is 0 Å². The molecule has 3 aromatic rings. The van der Waals surface area contributed by atoms with E-state index in [2.05, 4.69) is 0 Å². The molecule has 2 heterocycles. The molecule has 0 fully saturated rings. The number of carbonyl (C=O) groups excluding carboxylic acids is 1. The maximum atomic E-state index is 12.4. The predicted molar refractivity (Wildman–Crippen MR) is 90.8 cm³/mol. The van der Waals surface area contributed by atoms with E-state index in [4.69, 9.17) is 5.11 Å². The zero-order chi connectivity index (χ0) is 16.2. The maximum absolute atomic E-state index is 12.4. The summed E-state index contributed by atoms with van der Waals surface area (Å²) in [5, 5.41) is 10.9. The number of rotatable bonds is 4. The van der Waals surface area contributed by atoms with Crippen molar-refractivity contribution in [3.8, 4) is 0 Å². The molecule has 0 aliphatic rings. The van der Waals surface area contributed by atoms with Gasteiger partial charge in [0.25, 0.3) is 5.91 Å². The highest BCUT2D eigenvalue weighted by molar-refractivity contribution is 7.10. The number of aromatic nitrogens is 1. The van der Waals surface area contributed by atoms with E-state index >= 15 is 0 Å². The number of benzene rings is 1. The van der Waals surface area contributed by atoms with Gasteiger partial charge in [-0.15, -0.1) is 11.3 Å². The normalized spacial score (nSPS) is 11.0. The van der Waals surface area contributed by atoms with Gasteiger partial charge in [-0.2, -0.15) is 0 Å². The van der Waals surface area contributed by atoms with Crippen LogP contribution in [-0.4, -0.2) is 21.6 Å². The molecule has 4 nitrogen and oxygen atoms in total. The third kappa shape index (κ3) is 3.46. The Balaban J connectivity index is 1.76. The predicted octanol–water partition coefficient (Wildman–Crippen LogP) is 4.11. The van der Waals surface area contributed by atoms with Gasteiger partial charge in [0.2, 0.25) is 0 Å². The molecule has 0 radical (unpaired) electrons. The zero-order valence-corrected chi connectivity index (χ0v) is 12.9. The summed E-state index contributed by atoms with van der Waals surface area (Å²) in [6, 6.07) is 11.8. The Labute approximate surface area is 136 Å². The largest absolute Gasteiger partial charge is 0.478 e. The van der Waals surface area contributed by atoms with Crippen molar-refractivity contribution in [2.45, 2.75) is 0 Å². The third-order valence-electron chi connectivity index (χ3n) is 3.31. The maximum Gasteiger partial charge on any atom is 0.335 e. The van der Waals surface area contributed by atoms with Crippen molar-refractivity contribution in [1.82, 2.24) is 4.57 Å². The van der Waals surface area contributed by atoms with Crippen LogP contribution in [0.2, 0.25) is 0 Å². The van der Waals surface area contributed by atoms with Crippen LogP contribution in [0, 0.1) is 0 Å². The van der Waals surface area contributed by atoms with Gasteiger partial charge in [-0.3, -0.25) is 9.36 Å². The van der Waals surface area contributed by atoms with Crippen molar-refractivity contribution < 1.29 is 14.7 Å². The quantitative estimate of drug-likeness (QED) is 0.786. The highest BCUT2D eigenvalue weighted by atomic mass is 32.1. The van der Waals surface area contributed by atoms with Crippen LogP contribution in [-0.2, 0) is 0 Å². The van der Waals surface area contributed by atoms with Crippen molar-refractivity contribution in [2.24, 2.45) is 0 Å². The minimum atomic E-state index is -1.01. The van der Waals surface area contributed by atoms with Gasteiger partial charge in [0, 0.05) is 22.8 Å². The summed E-state index contributed by atoms with van der Waals surface area (Å²) in [7, 11) is 0. The van der Waals surface area contributed by atoms with Gasteiger partial charge in [0.15, 0.2) is 0 Å². The van der Waals surface area contributed by atoms with E-state index in [0.29, 0.717) is 5.56 Å². The number of carbonyl (C=O) groups is 2. The van der Waals surface area contributed by atoms with E-state index in [1.807, 2.05) is 35.7 Å². The summed E-state index contributed by atoms with van der Waals surface area (Å²) in [6.45, 7) is 0. The van der Waals surface area contributed by atoms with Crippen molar-refractivity contribution in [3.05, 3.63) is 81.8 Å². The van der Waals surface area contributed by atoms with Crippen molar-refractivity contribution >= 4 is 35.4 Å². The lowest BCUT2D eigenvalue weighted by Crippen LogP contribution is -2.10. The molecule has 0 aliphatic heterocycles. The number of carboxylic acid groups (broad SMARTS) is 1. The summed E-state index contributed by atoms with van der Waals surface area (Å²) in [4.78, 5) is 24.3. The fraction of sp³-hybridized carbons (Fsp3) is 0. The number of nitrogens with zero attached hydrogens (tertiary/aromatic N) is 1. The fourth-order valence-corrected chi connectivity index (χ4v) is 2.72. The summed E-state index contributed by atoms with van der Waals surface area (Å²) >= 11 is 1.65. The number of hydrogen-bond acceptors (Lipinski definition) is 3. The summed E-state index contributed by atoms with van der Waals surface area (Å²) in [5.74, 6) is -1.20. The van der Waals surface area contributed by atoms with E-state index in [-0.39, 0.29) is 11.5 Å². The molecule has 5 heteroatoms. The topological polar surface area (TPSA) is 59.3 Å². The Bertz CT molecular complexity index is 858. The van der Waals surface area contributed by atoms with Gasteiger partial charge in [-0.05, 0) is 53.4 Å². The molecule has 0 saturated carbocycles. The second-order valence-corrected chi connectivity index (χ2v) is 5.87. The van der Waals surface area contributed by atoms with Crippen LogP contribution in [0.5, 0.6) is 0 Å². The van der Waals surface area contributed by atoms with Crippen LogP contribution in [0.4, 0.5) is 0 Å². The minimum absolute atomic E-state index is 0.161. The Morgan fingerprint density at radius 3 is 2.39 bits per heavy atom. The molecular formula is C18H13NO3S. The fourth-order valence-electron chi connectivity index (χ4n) is 2.11. The first-order valence-electron chi connectivity index (χ1n) is 6.91. The standard InChI is InChI=1S/C18H13NO3S/c20-17(14-4-6-15(7-5-14)18(21)22)19-10-9-13(12-19)3-8-16-2-1-11-23-16/h1-12H,(H,21,22). The van der Waals surface area contributed by atoms with Gasteiger partial charge >= 0.3 is 5.97 Å². The molecule has 0 spiro atoms.